The summed E-state index contributed by atoms with van der Waals surface area (Å²) in [5.41, 5.74) is 1.42. The van der Waals surface area contributed by atoms with Crippen molar-refractivity contribution in [1.29, 1.82) is 5.26 Å². The Morgan fingerprint density at radius 3 is 3.05 bits per heavy atom. The van der Waals surface area contributed by atoms with Crippen molar-refractivity contribution in [2.75, 3.05) is 0 Å². The van der Waals surface area contributed by atoms with E-state index in [0.717, 1.165) is 5.56 Å². The van der Waals surface area contributed by atoms with Gasteiger partial charge in [0.05, 0.1) is 10.9 Å². The number of H-pyrrole nitrogens is 1. The van der Waals surface area contributed by atoms with Gasteiger partial charge in [-0.3, -0.25) is 4.79 Å². The number of benzene rings is 1. The second-order valence-corrected chi connectivity index (χ2v) is 4.36. The lowest BCUT2D eigenvalue weighted by Crippen LogP contribution is -2.15. The van der Waals surface area contributed by atoms with Crippen LogP contribution in [-0.2, 0) is 6.54 Å². The zero-order chi connectivity index (χ0) is 14.1. The van der Waals surface area contributed by atoms with Crippen molar-refractivity contribution in [1.82, 2.24) is 24.7 Å². The molecule has 0 aliphatic heterocycles. The van der Waals surface area contributed by atoms with Gasteiger partial charge in [-0.15, -0.1) is 5.10 Å². The Kier molecular flexibility index (Phi) is 2.76. The first kappa shape index (κ1) is 12.0. The molecule has 1 aromatic carbocycles. The van der Waals surface area contributed by atoms with Crippen LogP contribution in [0, 0.1) is 18.3 Å². The molecule has 98 valence electrons. The predicted octanol–water partition coefficient (Wildman–Crippen LogP) is 0.743. The molecule has 2 heterocycles. The number of aromatic nitrogens is 5. The Labute approximate surface area is 113 Å². The quantitative estimate of drug-likeness (QED) is 0.737. The zero-order valence-corrected chi connectivity index (χ0v) is 10.7. The molecule has 7 nitrogen and oxygen atoms in total. The maximum Gasteiger partial charge on any atom is 0.258 e. The number of aryl methyl sites for hydroxylation is 1. The van der Waals surface area contributed by atoms with Gasteiger partial charge in [-0.1, -0.05) is 12.1 Å². The van der Waals surface area contributed by atoms with Gasteiger partial charge in [0.15, 0.2) is 0 Å². The topological polar surface area (TPSA) is 100 Å². The third-order valence-corrected chi connectivity index (χ3v) is 2.94. The van der Waals surface area contributed by atoms with E-state index in [1.807, 2.05) is 25.1 Å². The largest absolute Gasteiger partial charge is 0.308 e. The molecule has 0 spiro atoms. The van der Waals surface area contributed by atoms with Gasteiger partial charge in [-0.25, -0.2) is 14.6 Å². The number of hydrogen-bond acceptors (Lipinski definition) is 5. The van der Waals surface area contributed by atoms with Crippen molar-refractivity contribution < 1.29 is 0 Å². The number of nitrogens with one attached hydrogen (secondary N) is 1. The van der Waals surface area contributed by atoms with E-state index < -0.39 is 0 Å². The number of fused-ring (bicyclic) bond motifs is 1. The monoisotopic (exact) mass is 266 g/mol. The van der Waals surface area contributed by atoms with E-state index in [9.17, 15) is 4.79 Å². The summed E-state index contributed by atoms with van der Waals surface area (Å²) in [4.78, 5) is 23.0. The minimum atomic E-state index is -0.186. The zero-order valence-electron chi connectivity index (χ0n) is 10.7. The molecule has 0 unspecified atom stereocenters. The molecule has 0 bridgehead atoms. The highest BCUT2D eigenvalue weighted by Gasteiger charge is 2.07. The van der Waals surface area contributed by atoms with Gasteiger partial charge in [-0.05, 0) is 18.6 Å². The van der Waals surface area contributed by atoms with Gasteiger partial charge in [0.2, 0.25) is 0 Å². The average molecular weight is 266 g/mol. The van der Waals surface area contributed by atoms with E-state index in [1.165, 1.54) is 11.0 Å². The molecule has 7 heteroatoms. The second kappa shape index (κ2) is 4.59. The predicted molar refractivity (Wildman–Crippen MR) is 70.9 cm³/mol. The fraction of sp³-hybridized carbons (Fsp3) is 0.154. The lowest BCUT2D eigenvalue weighted by Gasteiger charge is -2.04. The molecule has 0 aliphatic rings. The Morgan fingerprint density at radius 1 is 1.45 bits per heavy atom. The minimum Gasteiger partial charge on any atom is -0.308 e. The molecule has 0 radical (unpaired) electrons. The smallest absolute Gasteiger partial charge is 0.258 e. The average Bonchev–Trinajstić information content (AvgIpc) is 2.88. The highest BCUT2D eigenvalue weighted by atomic mass is 16.1. The number of aromatic amines is 1. The minimum absolute atomic E-state index is 0.0873. The number of nitriles is 1. The molecule has 20 heavy (non-hydrogen) atoms. The molecular formula is C13H10N6O. The van der Waals surface area contributed by atoms with Gasteiger partial charge in [0.1, 0.15) is 24.8 Å². The third-order valence-electron chi connectivity index (χ3n) is 2.94. The van der Waals surface area contributed by atoms with Crippen LogP contribution in [0.25, 0.3) is 10.9 Å². The van der Waals surface area contributed by atoms with Gasteiger partial charge >= 0.3 is 0 Å². The van der Waals surface area contributed by atoms with E-state index in [-0.39, 0.29) is 17.9 Å². The Balaban J connectivity index is 2.07. The summed E-state index contributed by atoms with van der Waals surface area (Å²) in [6.45, 7) is 2.16. The van der Waals surface area contributed by atoms with Crippen molar-refractivity contribution >= 4 is 10.9 Å². The number of para-hydroxylation sites is 1. The van der Waals surface area contributed by atoms with E-state index in [1.54, 1.807) is 6.07 Å². The van der Waals surface area contributed by atoms with E-state index in [4.69, 9.17) is 5.26 Å². The van der Waals surface area contributed by atoms with Gasteiger partial charge < -0.3 is 4.98 Å². The van der Waals surface area contributed by atoms with Crippen molar-refractivity contribution in [3.63, 3.8) is 0 Å². The van der Waals surface area contributed by atoms with Crippen LogP contribution < -0.4 is 5.56 Å². The number of nitrogens with zero attached hydrogens (tertiary/aromatic N) is 5. The van der Waals surface area contributed by atoms with Crippen LogP contribution in [0.1, 0.15) is 17.2 Å². The molecule has 0 fully saturated rings. The summed E-state index contributed by atoms with van der Waals surface area (Å²) < 4.78 is 1.46. The van der Waals surface area contributed by atoms with E-state index in [0.29, 0.717) is 16.7 Å². The molecule has 3 rings (SSSR count). The van der Waals surface area contributed by atoms with Crippen LogP contribution >= 0.6 is 0 Å². The third kappa shape index (κ3) is 2.03. The summed E-state index contributed by atoms with van der Waals surface area (Å²) in [7, 11) is 0. The summed E-state index contributed by atoms with van der Waals surface area (Å²) >= 11 is 0. The molecular weight excluding hydrogens is 256 g/mol. The van der Waals surface area contributed by atoms with Gasteiger partial charge in [0.25, 0.3) is 11.4 Å². The molecule has 0 saturated carbocycles. The highest BCUT2D eigenvalue weighted by molar-refractivity contribution is 5.80. The Morgan fingerprint density at radius 2 is 2.30 bits per heavy atom. The summed E-state index contributed by atoms with van der Waals surface area (Å²) in [5.74, 6) is 0.565. The van der Waals surface area contributed by atoms with Crippen molar-refractivity contribution in [3.8, 4) is 6.07 Å². The van der Waals surface area contributed by atoms with Crippen molar-refractivity contribution in [3.05, 3.63) is 52.1 Å². The summed E-state index contributed by atoms with van der Waals surface area (Å²) in [6.07, 6.45) is 1.43. The molecule has 2 aromatic heterocycles. The van der Waals surface area contributed by atoms with Crippen LogP contribution in [-0.4, -0.2) is 24.7 Å². The van der Waals surface area contributed by atoms with Crippen LogP contribution in [0.4, 0.5) is 0 Å². The molecule has 1 N–H and O–H groups in total. The summed E-state index contributed by atoms with van der Waals surface area (Å²) in [5, 5.41) is 13.2. The maximum absolute atomic E-state index is 12.0. The fourth-order valence-corrected chi connectivity index (χ4v) is 2.00. The van der Waals surface area contributed by atoms with E-state index in [2.05, 4.69) is 20.1 Å². The number of rotatable bonds is 2. The van der Waals surface area contributed by atoms with Crippen LogP contribution in [0.15, 0.2) is 29.3 Å². The second-order valence-electron chi connectivity index (χ2n) is 4.36. The molecule has 3 aromatic rings. The van der Waals surface area contributed by atoms with Crippen LogP contribution in [0.2, 0.25) is 0 Å². The van der Waals surface area contributed by atoms with Crippen LogP contribution in [0.3, 0.4) is 0 Å². The van der Waals surface area contributed by atoms with Crippen molar-refractivity contribution in [2.45, 2.75) is 13.5 Å². The first-order valence-electron chi connectivity index (χ1n) is 5.95. The van der Waals surface area contributed by atoms with Crippen molar-refractivity contribution in [2.24, 2.45) is 0 Å². The SMILES string of the molecule is Cc1cccc2c(=O)[nH]c(Cn3cnc(C#N)n3)nc12. The lowest BCUT2D eigenvalue weighted by molar-refractivity contribution is 0.652. The molecule has 0 atom stereocenters. The Bertz CT molecular complexity index is 886. The number of hydrogen-bond donors (Lipinski definition) is 1. The standard InChI is InChI=1S/C13H10N6O/c1-8-3-2-4-9-12(8)16-11(17-13(9)20)6-19-7-15-10(5-14)18-19/h2-4,7H,6H2,1H3,(H,16,17,20). The normalized spacial score (nSPS) is 10.6. The Hall–Kier alpha value is -3.01. The molecule has 0 saturated heterocycles. The lowest BCUT2D eigenvalue weighted by atomic mass is 10.1. The fourth-order valence-electron chi connectivity index (χ4n) is 2.00. The molecule has 0 amide bonds. The van der Waals surface area contributed by atoms with Gasteiger partial charge in [-0.2, -0.15) is 5.26 Å². The first-order valence-corrected chi connectivity index (χ1v) is 5.95. The maximum atomic E-state index is 12.0. The summed E-state index contributed by atoms with van der Waals surface area (Å²) in [6, 6.07) is 7.31. The van der Waals surface area contributed by atoms with Crippen LogP contribution in [0.5, 0.6) is 0 Å². The van der Waals surface area contributed by atoms with E-state index >= 15 is 0 Å². The highest BCUT2D eigenvalue weighted by Crippen LogP contribution is 2.12. The molecule has 0 aliphatic carbocycles. The van der Waals surface area contributed by atoms with Gasteiger partial charge in [0, 0.05) is 0 Å². The first-order chi connectivity index (χ1) is 9.67.